The maximum absolute atomic E-state index is 9.25. The smallest absolute Gasteiger partial charge is 0.144 e. The van der Waals surface area contributed by atoms with Gasteiger partial charge in [0.05, 0.1) is 5.56 Å². The van der Waals surface area contributed by atoms with E-state index in [-0.39, 0.29) is 0 Å². The summed E-state index contributed by atoms with van der Waals surface area (Å²) >= 11 is 1.85. The highest BCUT2D eigenvalue weighted by Gasteiger charge is 2.15. The first-order valence-electron chi connectivity index (χ1n) is 6.90. The average Bonchev–Trinajstić information content (AvgIpc) is 2.44. The molecular weight excluding hydrogens is 254 g/mol. The molecule has 0 fully saturated rings. The van der Waals surface area contributed by atoms with Gasteiger partial charge in [-0.1, -0.05) is 6.92 Å². The zero-order valence-corrected chi connectivity index (χ0v) is 12.5. The van der Waals surface area contributed by atoms with Crippen molar-refractivity contribution in [2.75, 3.05) is 23.9 Å². The van der Waals surface area contributed by atoms with Gasteiger partial charge < -0.3 is 5.32 Å². The Morgan fingerprint density at radius 3 is 3.00 bits per heavy atom. The maximum atomic E-state index is 9.25. The van der Waals surface area contributed by atoms with Crippen LogP contribution in [0.15, 0.2) is 6.07 Å². The Morgan fingerprint density at radius 2 is 2.26 bits per heavy atom. The van der Waals surface area contributed by atoms with Gasteiger partial charge >= 0.3 is 0 Å². The molecule has 0 saturated heterocycles. The van der Waals surface area contributed by atoms with E-state index in [1.54, 1.807) is 0 Å². The van der Waals surface area contributed by atoms with Crippen LogP contribution in [0.3, 0.4) is 0 Å². The fourth-order valence-electron chi connectivity index (χ4n) is 2.47. The zero-order chi connectivity index (χ0) is 13.7. The van der Waals surface area contributed by atoms with Gasteiger partial charge in [0, 0.05) is 12.2 Å². The van der Waals surface area contributed by atoms with Crippen molar-refractivity contribution in [3.63, 3.8) is 0 Å². The number of fused-ring (bicyclic) bond motifs is 1. The molecule has 2 rings (SSSR count). The van der Waals surface area contributed by atoms with E-state index in [0.717, 1.165) is 31.0 Å². The molecule has 1 aliphatic rings. The van der Waals surface area contributed by atoms with Crippen molar-refractivity contribution in [1.29, 1.82) is 5.26 Å². The molecule has 0 bridgehead atoms. The standard InChI is InChI=1S/C15H21N3S/c1-11(10-19-2)9-17-15-13(8-16)7-12-5-3-4-6-14(12)18-15/h7,11H,3-6,9-10H2,1-2H3,(H,17,18). The van der Waals surface area contributed by atoms with Crippen molar-refractivity contribution in [3.05, 3.63) is 22.9 Å². The van der Waals surface area contributed by atoms with Gasteiger partial charge in [0.1, 0.15) is 11.9 Å². The van der Waals surface area contributed by atoms with Crippen molar-refractivity contribution >= 4 is 17.6 Å². The molecule has 0 spiro atoms. The third kappa shape index (κ3) is 3.63. The average molecular weight is 275 g/mol. The molecule has 102 valence electrons. The number of aryl methyl sites for hydroxylation is 2. The summed E-state index contributed by atoms with van der Waals surface area (Å²) in [5.41, 5.74) is 3.15. The monoisotopic (exact) mass is 275 g/mol. The first-order valence-corrected chi connectivity index (χ1v) is 8.29. The number of thioether (sulfide) groups is 1. The van der Waals surface area contributed by atoms with Gasteiger partial charge in [-0.3, -0.25) is 0 Å². The Balaban J connectivity index is 2.13. The Labute approximate surface area is 119 Å². The highest BCUT2D eigenvalue weighted by molar-refractivity contribution is 7.98. The molecular formula is C15H21N3S. The van der Waals surface area contributed by atoms with E-state index in [9.17, 15) is 5.26 Å². The molecule has 19 heavy (non-hydrogen) atoms. The number of nitriles is 1. The summed E-state index contributed by atoms with van der Waals surface area (Å²) in [6.45, 7) is 3.09. The molecule has 3 nitrogen and oxygen atoms in total. The molecule has 0 saturated carbocycles. The summed E-state index contributed by atoms with van der Waals surface area (Å²) in [7, 11) is 0. The highest BCUT2D eigenvalue weighted by atomic mass is 32.2. The lowest BCUT2D eigenvalue weighted by Crippen LogP contribution is -2.16. The van der Waals surface area contributed by atoms with Crippen LogP contribution in [0.4, 0.5) is 5.82 Å². The van der Waals surface area contributed by atoms with Crippen LogP contribution in [-0.4, -0.2) is 23.5 Å². The number of rotatable bonds is 5. The third-order valence-corrected chi connectivity index (χ3v) is 4.39. The molecule has 4 heteroatoms. The largest absolute Gasteiger partial charge is 0.369 e. The predicted octanol–water partition coefficient (Wildman–Crippen LogP) is 3.24. The molecule has 1 heterocycles. The summed E-state index contributed by atoms with van der Waals surface area (Å²) in [5.74, 6) is 2.48. The number of pyridine rings is 1. The van der Waals surface area contributed by atoms with Gasteiger partial charge in [-0.05, 0) is 55.2 Å². The van der Waals surface area contributed by atoms with E-state index in [1.807, 2.05) is 17.8 Å². The number of nitrogens with zero attached hydrogens (tertiary/aromatic N) is 2. The number of hydrogen-bond donors (Lipinski definition) is 1. The lowest BCUT2D eigenvalue weighted by Gasteiger charge is -2.18. The number of anilines is 1. The molecule has 1 aliphatic carbocycles. The predicted molar refractivity (Wildman–Crippen MR) is 81.6 cm³/mol. The summed E-state index contributed by atoms with van der Waals surface area (Å²) < 4.78 is 0. The van der Waals surface area contributed by atoms with Gasteiger partial charge in [-0.15, -0.1) is 0 Å². The van der Waals surface area contributed by atoms with Crippen molar-refractivity contribution < 1.29 is 0 Å². The van der Waals surface area contributed by atoms with Crippen molar-refractivity contribution in [2.24, 2.45) is 5.92 Å². The summed E-state index contributed by atoms with van der Waals surface area (Å²) in [6.07, 6.45) is 6.68. The second-order valence-corrected chi connectivity index (χ2v) is 6.16. The van der Waals surface area contributed by atoms with Crippen LogP contribution in [0.2, 0.25) is 0 Å². The second kappa shape index (κ2) is 6.81. The lowest BCUT2D eigenvalue weighted by molar-refractivity contribution is 0.664. The van der Waals surface area contributed by atoms with E-state index in [2.05, 4.69) is 29.5 Å². The summed E-state index contributed by atoms with van der Waals surface area (Å²) in [6, 6.07) is 4.30. The van der Waals surface area contributed by atoms with Crippen molar-refractivity contribution in [3.8, 4) is 6.07 Å². The number of nitrogens with one attached hydrogen (secondary N) is 1. The molecule has 1 aromatic rings. The van der Waals surface area contributed by atoms with Crippen molar-refractivity contribution in [2.45, 2.75) is 32.6 Å². The first kappa shape index (κ1) is 14.2. The Kier molecular flexibility index (Phi) is 5.09. The van der Waals surface area contributed by atoms with Crippen LogP contribution in [0, 0.1) is 17.2 Å². The molecule has 0 aliphatic heterocycles. The minimum absolute atomic E-state index is 0.583. The molecule has 1 unspecified atom stereocenters. The normalized spacial score (nSPS) is 15.4. The van der Waals surface area contributed by atoms with Gasteiger partial charge in [-0.2, -0.15) is 17.0 Å². The first-order chi connectivity index (χ1) is 9.24. The Hall–Kier alpha value is -1.21. The molecule has 0 aromatic carbocycles. The Morgan fingerprint density at radius 1 is 1.47 bits per heavy atom. The lowest BCUT2D eigenvalue weighted by atomic mass is 9.95. The minimum Gasteiger partial charge on any atom is -0.369 e. The van der Waals surface area contributed by atoms with Gasteiger partial charge in [0.2, 0.25) is 0 Å². The van der Waals surface area contributed by atoms with Crippen LogP contribution in [-0.2, 0) is 12.8 Å². The third-order valence-electron chi connectivity index (χ3n) is 3.49. The zero-order valence-electron chi connectivity index (χ0n) is 11.7. The van der Waals surface area contributed by atoms with Crippen LogP contribution < -0.4 is 5.32 Å². The Bertz CT molecular complexity index is 479. The molecule has 1 aromatic heterocycles. The minimum atomic E-state index is 0.583. The second-order valence-electron chi connectivity index (χ2n) is 5.25. The van der Waals surface area contributed by atoms with Crippen LogP contribution in [0.25, 0.3) is 0 Å². The highest BCUT2D eigenvalue weighted by Crippen LogP contribution is 2.24. The molecule has 0 amide bonds. The van der Waals surface area contributed by atoms with Crippen LogP contribution >= 0.6 is 11.8 Å². The SMILES string of the molecule is CSCC(C)CNc1nc2c(cc1C#N)CCCC2. The maximum Gasteiger partial charge on any atom is 0.144 e. The fourth-order valence-corrected chi connectivity index (χ4v) is 3.15. The van der Waals surface area contributed by atoms with Gasteiger partial charge in [0.25, 0.3) is 0 Å². The quantitative estimate of drug-likeness (QED) is 0.896. The summed E-state index contributed by atoms with van der Waals surface area (Å²) in [4.78, 5) is 4.68. The number of hydrogen-bond acceptors (Lipinski definition) is 4. The van der Waals surface area contributed by atoms with Crippen LogP contribution in [0.5, 0.6) is 0 Å². The van der Waals surface area contributed by atoms with E-state index in [1.165, 1.54) is 24.1 Å². The van der Waals surface area contributed by atoms with E-state index in [0.29, 0.717) is 11.5 Å². The van der Waals surface area contributed by atoms with E-state index >= 15 is 0 Å². The van der Waals surface area contributed by atoms with Gasteiger partial charge in [-0.25, -0.2) is 4.98 Å². The van der Waals surface area contributed by atoms with E-state index in [4.69, 9.17) is 0 Å². The summed E-state index contributed by atoms with van der Waals surface area (Å²) in [5, 5.41) is 12.6. The molecule has 1 N–H and O–H groups in total. The van der Waals surface area contributed by atoms with Gasteiger partial charge in [0.15, 0.2) is 0 Å². The fraction of sp³-hybridized carbons (Fsp3) is 0.600. The topological polar surface area (TPSA) is 48.7 Å². The molecule has 0 radical (unpaired) electrons. The molecule has 1 atom stereocenters. The van der Waals surface area contributed by atoms with Crippen molar-refractivity contribution in [1.82, 2.24) is 4.98 Å². The number of aromatic nitrogens is 1. The van der Waals surface area contributed by atoms with E-state index < -0.39 is 0 Å². The van der Waals surface area contributed by atoms with Crippen LogP contribution in [0.1, 0.15) is 36.6 Å².